The molecule has 1 saturated carbocycles. The summed E-state index contributed by atoms with van der Waals surface area (Å²) in [6, 6.07) is 16.8. The van der Waals surface area contributed by atoms with Crippen LogP contribution in [0.4, 0.5) is 26.3 Å². The minimum atomic E-state index is -3.90. The zero-order valence-electron chi connectivity index (χ0n) is 24.0. The average Bonchev–Trinajstić information content (AvgIpc) is 2.99. The van der Waals surface area contributed by atoms with Crippen LogP contribution in [0.1, 0.15) is 75.3 Å². The van der Waals surface area contributed by atoms with Crippen molar-refractivity contribution in [2.75, 3.05) is 0 Å². The van der Waals surface area contributed by atoms with E-state index in [4.69, 9.17) is 4.74 Å². The van der Waals surface area contributed by atoms with Crippen LogP contribution in [0.5, 0.6) is 5.75 Å². The Morgan fingerprint density at radius 1 is 0.651 bits per heavy atom. The zero-order chi connectivity index (χ0) is 30.6. The number of halogens is 6. The Balaban J connectivity index is 1.23. The lowest BCUT2D eigenvalue weighted by Gasteiger charge is -2.29. The zero-order valence-corrected chi connectivity index (χ0v) is 24.0. The topological polar surface area (TPSA) is 9.23 Å². The molecule has 0 spiro atoms. The summed E-state index contributed by atoms with van der Waals surface area (Å²) in [4.78, 5) is 0. The summed E-state index contributed by atoms with van der Waals surface area (Å²) in [6.45, 7) is 2.19. The SMILES string of the molecule is CCCCCC1CCC(c2ccc(C(F)(F)Oc3ccc(-c4ccc(-c5ccc(F)c(F)c5)c(F)c4)cc3)c(F)c2)CC1. The Morgan fingerprint density at radius 3 is 1.98 bits per heavy atom. The van der Waals surface area contributed by atoms with Crippen LogP contribution in [0.25, 0.3) is 22.3 Å². The summed E-state index contributed by atoms with van der Waals surface area (Å²) >= 11 is 0. The molecular weight excluding hydrogens is 562 g/mol. The van der Waals surface area contributed by atoms with Gasteiger partial charge in [-0.1, -0.05) is 69.0 Å². The third kappa shape index (κ3) is 7.26. The quantitative estimate of drug-likeness (QED) is 0.131. The van der Waals surface area contributed by atoms with Gasteiger partial charge in [-0.05, 0) is 102 Å². The normalized spacial score (nSPS) is 17.2. The van der Waals surface area contributed by atoms with Crippen molar-refractivity contribution in [1.82, 2.24) is 0 Å². The number of ether oxygens (including phenoxy) is 1. The fraction of sp³-hybridized carbons (Fsp3) is 0.333. The first-order chi connectivity index (χ1) is 20.6. The molecule has 4 aromatic carbocycles. The van der Waals surface area contributed by atoms with Crippen LogP contribution in [0.3, 0.4) is 0 Å². The Bertz CT molecular complexity index is 1540. The molecule has 1 nitrogen and oxygen atoms in total. The number of hydrogen-bond donors (Lipinski definition) is 0. The van der Waals surface area contributed by atoms with E-state index in [9.17, 15) is 17.6 Å². The van der Waals surface area contributed by atoms with E-state index >= 15 is 8.78 Å². The molecule has 5 rings (SSSR count). The summed E-state index contributed by atoms with van der Waals surface area (Å²) in [6.07, 6.45) is 5.03. The van der Waals surface area contributed by atoms with Crippen LogP contribution in [-0.4, -0.2) is 0 Å². The molecule has 0 aliphatic heterocycles. The monoisotopic (exact) mass is 596 g/mol. The predicted molar refractivity (Wildman–Crippen MR) is 157 cm³/mol. The smallest absolute Gasteiger partial charge is 0.429 e. The lowest BCUT2D eigenvalue weighted by Crippen LogP contribution is -2.23. The Kier molecular flexibility index (Phi) is 9.48. The minimum Gasteiger partial charge on any atom is -0.429 e. The highest BCUT2D eigenvalue weighted by atomic mass is 19.3. The van der Waals surface area contributed by atoms with Crippen molar-refractivity contribution >= 4 is 0 Å². The van der Waals surface area contributed by atoms with Gasteiger partial charge < -0.3 is 4.74 Å². The molecule has 43 heavy (non-hydrogen) atoms. The van der Waals surface area contributed by atoms with Gasteiger partial charge in [0.15, 0.2) is 11.6 Å². The predicted octanol–water partition coefficient (Wildman–Crippen LogP) is 11.6. The molecule has 0 radical (unpaired) electrons. The van der Waals surface area contributed by atoms with Crippen LogP contribution in [0.15, 0.2) is 78.9 Å². The highest BCUT2D eigenvalue weighted by Crippen LogP contribution is 2.40. The highest BCUT2D eigenvalue weighted by Gasteiger charge is 2.38. The number of benzene rings is 4. The van der Waals surface area contributed by atoms with Crippen molar-refractivity contribution in [2.45, 2.75) is 70.3 Å². The van der Waals surface area contributed by atoms with Gasteiger partial charge in [-0.25, -0.2) is 17.6 Å². The first-order valence-corrected chi connectivity index (χ1v) is 14.9. The van der Waals surface area contributed by atoms with E-state index in [1.165, 1.54) is 74.2 Å². The molecule has 0 unspecified atom stereocenters. The molecule has 4 aromatic rings. The molecule has 1 aliphatic rings. The standard InChI is InChI=1S/C36H34F6O/c1-2-3-4-5-23-6-8-24(9-7-23)27-13-18-31(34(39)21-27)36(41,42)43-29-15-10-25(11-16-29)26-12-17-30(33(38)20-26)28-14-19-32(37)35(40)22-28/h10-24H,2-9H2,1H3. The number of alkyl halides is 2. The van der Waals surface area contributed by atoms with E-state index in [1.807, 2.05) is 0 Å². The van der Waals surface area contributed by atoms with E-state index in [0.717, 1.165) is 49.4 Å². The maximum atomic E-state index is 15.0. The fourth-order valence-corrected chi connectivity index (χ4v) is 6.00. The average molecular weight is 597 g/mol. The molecular formula is C36H34F6O. The van der Waals surface area contributed by atoms with Crippen LogP contribution >= 0.6 is 0 Å². The summed E-state index contributed by atoms with van der Waals surface area (Å²) in [7, 11) is 0. The van der Waals surface area contributed by atoms with E-state index in [0.29, 0.717) is 17.0 Å². The van der Waals surface area contributed by atoms with E-state index in [2.05, 4.69) is 6.92 Å². The van der Waals surface area contributed by atoms with Gasteiger partial charge >= 0.3 is 6.11 Å². The second-order valence-corrected chi connectivity index (χ2v) is 11.4. The first-order valence-electron chi connectivity index (χ1n) is 14.9. The molecule has 0 atom stereocenters. The van der Waals surface area contributed by atoms with E-state index in [1.54, 1.807) is 12.1 Å². The molecule has 0 amide bonds. The summed E-state index contributed by atoms with van der Waals surface area (Å²) in [5, 5.41) is 0. The van der Waals surface area contributed by atoms with Crippen molar-refractivity contribution in [3.8, 4) is 28.0 Å². The molecule has 226 valence electrons. The van der Waals surface area contributed by atoms with Gasteiger partial charge in [0.05, 0.1) is 5.56 Å². The number of unbranched alkanes of at least 4 members (excludes halogenated alkanes) is 2. The number of hydrogen-bond acceptors (Lipinski definition) is 1. The van der Waals surface area contributed by atoms with Crippen molar-refractivity contribution < 1.29 is 31.1 Å². The maximum absolute atomic E-state index is 15.0. The van der Waals surface area contributed by atoms with Crippen molar-refractivity contribution in [3.63, 3.8) is 0 Å². The molecule has 0 saturated heterocycles. The lowest BCUT2D eigenvalue weighted by molar-refractivity contribution is -0.187. The van der Waals surface area contributed by atoms with Gasteiger partial charge in [-0.15, -0.1) is 0 Å². The van der Waals surface area contributed by atoms with Crippen molar-refractivity contribution in [2.24, 2.45) is 5.92 Å². The van der Waals surface area contributed by atoms with Gasteiger partial charge in [-0.2, -0.15) is 8.78 Å². The van der Waals surface area contributed by atoms with E-state index in [-0.39, 0.29) is 22.8 Å². The third-order valence-electron chi connectivity index (χ3n) is 8.47. The Hall–Kier alpha value is -3.74. The second kappa shape index (κ2) is 13.3. The fourth-order valence-electron chi connectivity index (χ4n) is 6.00. The lowest BCUT2D eigenvalue weighted by atomic mass is 9.77. The van der Waals surface area contributed by atoms with Gasteiger partial charge in [0, 0.05) is 5.56 Å². The van der Waals surface area contributed by atoms with Crippen LogP contribution in [0, 0.1) is 29.2 Å². The first kappa shape index (κ1) is 30.7. The van der Waals surface area contributed by atoms with Crippen molar-refractivity contribution in [3.05, 3.63) is 113 Å². The van der Waals surface area contributed by atoms with Gasteiger partial charge in [0.1, 0.15) is 17.4 Å². The minimum absolute atomic E-state index is 0.0883. The molecule has 0 aromatic heterocycles. The summed E-state index contributed by atoms with van der Waals surface area (Å²) in [5.41, 5.74) is 1.14. The second-order valence-electron chi connectivity index (χ2n) is 11.4. The van der Waals surface area contributed by atoms with Crippen molar-refractivity contribution in [1.29, 1.82) is 0 Å². The maximum Gasteiger partial charge on any atom is 0.429 e. The van der Waals surface area contributed by atoms with Gasteiger partial charge in [0.25, 0.3) is 0 Å². The summed E-state index contributed by atoms with van der Waals surface area (Å²) in [5.74, 6) is -3.09. The van der Waals surface area contributed by atoms with Crippen LogP contribution in [0.2, 0.25) is 0 Å². The summed E-state index contributed by atoms with van der Waals surface area (Å²) < 4.78 is 91.6. The molecule has 0 N–H and O–H groups in total. The van der Waals surface area contributed by atoms with E-state index < -0.39 is 34.9 Å². The van der Waals surface area contributed by atoms with Crippen LogP contribution in [-0.2, 0) is 6.11 Å². The van der Waals surface area contributed by atoms with Gasteiger partial charge in [0.2, 0.25) is 0 Å². The largest absolute Gasteiger partial charge is 0.429 e. The highest BCUT2D eigenvalue weighted by molar-refractivity contribution is 5.71. The molecule has 7 heteroatoms. The molecule has 0 bridgehead atoms. The molecule has 0 heterocycles. The van der Waals surface area contributed by atoms with Gasteiger partial charge in [-0.3, -0.25) is 0 Å². The van der Waals surface area contributed by atoms with Crippen LogP contribution < -0.4 is 4.74 Å². The molecule has 1 aliphatic carbocycles. The number of rotatable bonds is 10. The Morgan fingerprint density at radius 2 is 1.33 bits per heavy atom. The Labute approximate surface area is 248 Å². The third-order valence-corrected chi connectivity index (χ3v) is 8.47. The molecule has 1 fully saturated rings.